The van der Waals surface area contributed by atoms with Gasteiger partial charge in [-0.1, -0.05) is 6.07 Å². The molecule has 3 rings (SSSR count). The van der Waals surface area contributed by atoms with Crippen molar-refractivity contribution >= 4 is 17.2 Å². The largest absolute Gasteiger partial charge is 0.354 e. The minimum Gasteiger partial charge on any atom is -0.354 e. The molecule has 0 saturated heterocycles. The Morgan fingerprint density at radius 3 is 3.14 bits per heavy atom. The minimum absolute atomic E-state index is 0.163. The van der Waals surface area contributed by atoms with E-state index in [-0.39, 0.29) is 11.5 Å². The summed E-state index contributed by atoms with van der Waals surface area (Å²) in [6.45, 7) is 2.29. The van der Waals surface area contributed by atoms with Crippen molar-refractivity contribution < 1.29 is 4.79 Å². The molecule has 0 saturated carbocycles. The van der Waals surface area contributed by atoms with Gasteiger partial charge in [0.05, 0.1) is 5.69 Å². The first-order chi connectivity index (χ1) is 10.6. The fourth-order valence-corrected chi connectivity index (χ4v) is 3.42. The van der Waals surface area contributed by atoms with E-state index in [1.807, 2.05) is 17.5 Å². The van der Waals surface area contributed by atoms with E-state index in [4.69, 9.17) is 0 Å². The number of hydrogen-bond donors (Lipinski definition) is 1. The summed E-state index contributed by atoms with van der Waals surface area (Å²) in [5.41, 5.74) is 1.80. The molecule has 1 N–H and O–H groups in total. The number of amides is 1. The molecule has 5 nitrogen and oxygen atoms in total. The first-order valence-electron chi connectivity index (χ1n) is 7.57. The molecule has 0 fully saturated rings. The summed E-state index contributed by atoms with van der Waals surface area (Å²) in [5, 5.41) is 9.28. The lowest BCUT2D eigenvalue weighted by atomic mass is 10.2. The Hall–Kier alpha value is -1.95. The predicted molar refractivity (Wildman–Crippen MR) is 86.3 cm³/mol. The van der Waals surface area contributed by atoms with Gasteiger partial charge in [-0.2, -0.15) is 5.10 Å². The van der Waals surface area contributed by atoms with E-state index in [0.717, 1.165) is 36.9 Å². The van der Waals surface area contributed by atoms with Crippen molar-refractivity contribution in [3.05, 3.63) is 50.1 Å². The molecular weight excluding hydrogens is 298 g/mol. The standard InChI is InChI=1S/C16H19N3O2S/c1-11(16(21)17-8-7-13-5-3-9-22-13)19-15(20)10-12-4-2-6-14(12)18-19/h3,5,9-11H,2,4,6-8H2,1H3,(H,17,21). The smallest absolute Gasteiger partial charge is 0.267 e. The van der Waals surface area contributed by atoms with Crippen molar-refractivity contribution in [3.63, 3.8) is 0 Å². The Morgan fingerprint density at radius 1 is 1.50 bits per heavy atom. The summed E-state index contributed by atoms with van der Waals surface area (Å²) in [7, 11) is 0. The summed E-state index contributed by atoms with van der Waals surface area (Å²) in [5.74, 6) is -0.163. The molecule has 2 aromatic rings. The van der Waals surface area contributed by atoms with Gasteiger partial charge in [-0.15, -0.1) is 11.3 Å². The van der Waals surface area contributed by atoms with Crippen LogP contribution in [0.4, 0.5) is 0 Å². The second-order valence-corrected chi connectivity index (χ2v) is 6.58. The Balaban J connectivity index is 1.64. The number of rotatable bonds is 5. The Labute approximate surface area is 133 Å². The number of fused-ring (bicyclic) bond motifs is 1. The second kappa shape index (κ2) is 6.44. The van der Waals surface area contributed by atoms with Crippen LogP contribution < -0.4 is 10.9 Å². The van der Waals surface area contributed by atoms with Crippen LogP contribution in [0.3, 0.4) is 0 Å². The van der Waals surface area contributed by atoms with Gasteiger partial charge in [-0.05, 0) is 49.6 Å². The van der Waals surface area contributed by atoms with Crippen LogP contribution in [-0.2, 0) is 24.1 Å². The highest BCUT2D eigenvalue weighted by Crippen LogP contribution is 2.18. The summed E-state index contributed by atoms with van der Waals surface area (Å²) in [4.78, 5) is 25.6. The Kier molecular flexibility index (Phi) is 4.38. The molecule has 6 heteroatoms. The minimum atomic E-state index is -0.582. The van der Waals surface area contributed by atoms with Crippen molar-refractivity contribution in [1.82, 2.24) is 15.1 Å². The molecule has 1 amide bonds. The van der Waals surface area contributed by atoms with Gasteiger partial charge >= 0.3 is 0 Å². The van der Waals surface area contributed by atoms with Crippen LogP contribution in [0, 0.1) is 0 Å². The van der Waals surface area contributed by atoms with E-state index >= 15 is 0 Å². The molecule has 0 aromatic carbocycles. The maximum atomic E-state index is 12.2. The second-order valence-electron chi connectivity index (χ2n) is 5.55. The van der Waals surface area contributed by atoms with Crippen molar-refractivity contribution in [2.45, 2.75) is 38.6 Å². The summed E-state index contributed by atoms with van der Waals surface area (Å²) < 4.78 is 1.31. The average molecular weight is 317 g/mol. The number of carbonyl (C=O) groups excluding carboxylic acids is 1. The van der Waals surface area contributed by atoms with Crippen molar-refractivity contribution in [3.8, 4) is 0 Å². The van der Waals surface area contributed by atoms with E-state index in [1.54, 1.807) is 24.3 Å². The lowest BCUT2D eigenvalue weighted by Gasteiger charge is -2.15. The van der Waals surface area contributed by atoms with Gasteiger partial charge < -0.3 is 5.32 Å². The maximum Gasteiger partial charge on any atom is 0.267 e. The highest BCUT2D eigenvalue weighted by molar-refractivity contribution is 7.09. The molecule has 1 atom stereocenters. The molecule has 0 aliphatic heterocycles. The van der Waals surface area contributed by atoms with Gasteiger partial charge in [0.15, 0.2) is 0 Å². The van der Waals surface area contributed by atoms with E-state index in [0.29, 0.717) is 6.54 Å². The van der Waals surface area contributed by atoms with Gasteiger partial charge in [0.1, 0.15) is 6.04 Å². The van der Waals surface area contributed by atoms with E-state index in [1.165, 1.54) is 9.56 Å². The monoisotopic (exact) mass is 317 g/mol. The van der Waals surface area contributed by atoms with Crippen molar-refractivity contribution in [1.29, 1.82) is 0 Å². The first-order valence-corrected chi connectivity index (χ1v) is 8.45. The van der Waals surface area contributed by atoms with Crippen LogP contribution in [0.5, 0.6) is 0 Å². The number of aryl methyl sites for hydroxylation is 2. The topological polar surface area (TPSA) is 64.0 Å². The van der Waals surface area contributed by atoms with Gasteiger partial charge in [-0.25, -0.2) is 4.68 Å². The summed E-state index contributed by atoms with van der Waals surface area (Å²) in [6.07, 6.45) is 3.65. The van der Waals surface area contributed by atoms with Crippen LogP contribution in [0.25, 0.3) is 0 Å². The van der Waals surface area contributed by atoms with Crippen LogP contribution >= 0.6 is 11.3 Å². The fraction of sp³-hybridized carbons (Fsp3) is 0.438. The number of carbonyl (C=O) groups is 1. The molecular formula is C16H19N3O2S. The Morgan fingerprint density at radius 2 is 2.36 bits per heavy atom. The highest BCUT2D eigenvalue weighted by atomic mass is 32.1. The molecule has 2 heterocycles. The average Bonchev–Trinajstić information content (AvgIpc) is 3.16. The number of nitrogens with one attached hydrogen (secondary N) is 1. The predicted octanol–water partition coefficient (Wildman–Crippen LogP) is 1.71. The summed E-state index contributed by atoms with van der Waals surface area (Å²) in [6, 6.07) is 5.09. The first kappa shape index (κ1) is 15.0. The van der Waals surface area contributed by atoms with Crippen LogP contribution in [0.1, 0.15) is 35.5 Å². The van der Waals surface area contributed by atoms with Gasteiger partial charge in [-0.3, -0.25) is 9.59 Å². The molecule has 1 unspecified atom stereocenters. The SMILES string of the molecule is CC(C(=O)NCCc1cccs1)n1nc2c(cc1=O)CCC2. The van der Waals surface area contributed by atoms with Crippen LogP contribution in [-0.4, -0.2) is 22.2 Å². The molecule has 1 aliphatic carbocycles. The molecule has 0 bridgehead atoms. The van der Waals surface area contributed by atoms with Crippen molar-refractivity contribution in [2.75, 3.05) is 6.54 Å². The third-order valence-electron chi connectivity index (χ3n) is 3.98. The summed E-state index contributed by atoms with van der Waals surface area (Å²) >= 11 is 1.68. The lowest BCUT2D eigenvalue weighted by Crippen LogP contribution is -2.38. The quantitative estimate of drug-likeness (QED) is 0.913. The molecule has 116 valence electrons. The Bertz CT molecular complexity index is 721. The third kappa shape index (κ3) is 3.11. The normalized spacial score (nSPS) is 14.6. The molecule has 2 aromatic heterocycles. The van der Waals surface area contributed by atoms with E-state index in [9.17, 15) is 9.59 Å². The fourth-order valence-electron chi connectivity index (χ4n) is 2.72. The van der Waals surface area contributed by atoms with Crippen molar-refractivity contribution in [2.24, 2.45) is 0 Å². The van der Waals surface area contributed by atoms with Gasteiger partial charge in [0.25, 0.3) is 5.56 Å². The zero-order valence-corrected chi connectivity index (χ0v) is 13.4. The molecule has 0 spiro atoms. The highest BCUT2D eigenvalue weighted by Gasteiger charge is 2.21. The van der Waals surface area contributed by atoms with E-state index in [2.05, 4.69) is 10.4 Å². The lowest BCUT2D eigenvalue weighted by molar-refractivity contribution is -0.124. The number of aromatic nitrogens is 2. The molecule has 0 radical (unpaired) electrons. The van der Waals surface area contributed by atoms with E-state index < -0.39 is 6.04 Å². The van der Waals surface area contributed by atoms with Gasteiger partial charge in [0, 0.05) is 17.5 Å². The van der Waals surface area contributed by atoms with Gasteiger partial charge in [0.2, 0.25) is 5.91 Å². The molecule has 22 heavy (non-hydrogen) atoms. The van der Waals surface area contributed by atoms with Crippen LogP contribution in [0.2, 0.25) is 0 Å². The number of thiophene rings is 1. The number of nitrogens with zero attached hydrogens (tertiary/aromatic N) is 2. The molecule has 1 aliphatic rings. The zero-order valence-electron chi connectivity index (χ0n) is 12.5. The zero-order chi connectivity index (χ0) is 15.5. The van der Waals surface area contributed by atoms with Crippen LogP contribution in [0.15, 0.2) is 28.4 Å². The number of hydrogen-bond acceptors (Lipinski definition) is 4. The third-order valence-corrected chi connectivity index (χ3v) is 4.92. The maximum absolute atomic E-state index is 12.2.